The Morgan fingerprint density at radius 3 is 2.77 bits per heavy atom. The third-order valence-corrected chi connectivity index (χ3v) is 4.24. The van der Waals surface area contributed by atoms with Gasteiger partial charge >= 0.3 is 6.03 Å². The summed E-state index contributed by atoms with van der Waals surface area (Å²) in [7, 11) is 0. The third kappa shape index (κ3) is 6.07. The molecule has 0 spiro atoms. The molecule has 26 heavy (non-hydrogen) atoms. The Morgan fingerprint density at radius 2 is 2.08 bits per heavy atom. The molecule has 4 N–H and O–H groups in total. The molecule has 1 aromatic rings. The van der Waals surface area contributed by atoms with Gasteiger partial charge < -0.3 is 30.5 Å². The van der Waals surface area contributed by atoms with E-state index in [0.717, 1.165) is 30.6 Å². The van der Waals surface area contributed by atoms with Crippen LogP contribution in [0, 0.1) is 5.92 Å². The van der Waals surface area contributed by atoms with Gasteiger partial charge in [-0.05, 0) is 43.0 Å². The van der Waals surface area contributed by atoms with Crippen LogP contribution in [0.1, 0.15) is 38.7 Å². The summed E-state index contributed by atoms with van der Waals surface area (Å²) in [5.74, 6) is 1.77. The monoisotopic (exact) mass is 365 g/mol. The lowest BCUT2D eigenvalue weighted by atomic mass is 10.1. The molecule has 1 aliphatic heterocycles. The number of hydrogen-bond donors (Lipinski definition) is 3. The smallest absolute Gasteiger partial charge is 0.318 e. The maximum Gasteiger partial charge on any atom is 0.318 e. The molecule has 0 saturated carbocycles. The highest BCUT2D eigenvalue weighted by atomic mass is 16.7. The molecule has 146 valence electrons. The zero-order chi connectivity index (χ0) is 18.9. The van der Waals surface area contributed by atoms with Gasteiger partial charge in [-0.3, -0.25) is 0 Å². The fourth-order valence-electron chi connectivity index (χ4n) is 2.93. The average Bonchev–Trinajstić information content (AvgIpc) is 3.07. The molecule has 0 aromatic heterocycles. The topological polar surface area (TPSA) is 97.0 Å². The van der Waals surface area contributed by atoms with Crippen molar-refractivity contribution in [3.8, 4) is 11.5 Å². The minimum atomic E-state index is -0.250. The normalized spacial score (nSPS) is 13.7. The summed E-state index contributed by atoms with van der Waals surface area (Å²) in [5, 5.41) is 12.5. The standard InChI is InChI=1S/C19H31N3O4/c1-14(2)10-22(19(24)21-16(12-23)5-3-4-8-20)11-15-6-7-17-18(9-15)26-13-25-17/h6-7,9,14,16,23H,3-5,8,10-13,20H2,1-2H3,(H,21,24). The Bertz CT molecular complexity index is 580. The maximum absolute atomic E-state index is 12.7. The number of benzene rings is 1. The lowest BCUT2D eigenvalue weighted by Gasteiger charge is -2.27. The molecule has 1 atom stereocenters. The van der Waals surface area contributed by atoms with E-state index in [1.165, 1.54) is 0 Å². The number of aliphatic hydroxyl groups excluding tert-OH is 1. The summed E-state index contributed by atoms with van der Waals surface area (Å²) < 4.78 is 10.7. The number of hydrogen-bond acceptors (Lipinski definition) is 5. The van der Waals surface area contributed by atoms with E-state index in [4.69, 9.17) is 15.2 Å². The minimum Gasteiger partial charge on any atom is -0.454 e. The molecule has 1 aromatic carbocycles. The number of nitrogens with two attached hydrogens (primary N) is 1. The summed E-state index contributed by atoms with van der Waals surface area (Å²) in [6.07, 6.45) is 2.49. The fourth-order valence-corrected chi connectivity index (χ4v) is 2.93. The first-order valence-electron chi connectivity index (χ1n) is 9.28. The molecule has 2 amide bonds. The quantitative estimate of drug-likeness (QED) is 0.552. The molecule has 1 unspecified atom stereocenters. The number of unbranched alkanes of at least 4 members (excludes halogenated alkanes) is 1. The second-order valence-corrected chi connectivity index (χ2v) is 7.08. The molecule has 2 rings (SSSR count). The number of nitrogens with one attached hydrogen (secondary N) is 1. The predicted molar refractivity (Wildman–Crippen MR) is 100 cm³/mol. The Hall–Kier alpha value is -1.99. The van der Waals surface area contributed by atoms with Crippen molar-refractivity contribution in [2.45, 2.75) is 45.7 Å². The van der Waals surface area contributed by atoms with E-state index < -0.39 is 0 Å². The molecular formula is C19H31N3O4. The van der Waals surface area contributed by atoms with Gasteiger partial charge in [0.1, 0.15) is 0 Å². The number of carbonyl (C=O) groups excluding carboxylic acids is 1. The molecule has 7 nitrogen and oxygen atoms in total. The molecule has 0 radical (unpaired) electrons. The van der Waals surface area contributed by atoms with E-state index in [-0.39, 0.29) is 25.5 Å². The van der Waals surface area contributed by atoms with Gasteiger partial charge in [0.25, 0.3) is 0 Å². The first-order chi connectivity index (χ1) is 12.5. The van der Waals surface area contributed by atoms with Crippen LogP contribution in [0.15, 0.2) is 18.2 Å². The van der Waals surface area contributed by atoms with E-state index in [1.807, 2.05) is 18.2 Å². The van der Waals surface area contributed by atoms with Gasteiger partial charge in [-0.15, -0.1) is 0 Å². The van der Waals surface area contributed by atoms with E-state index in [9.17, 15) is 9.90 Å². The van der Waals surface area contributed by atoms with E-state index in [1.54, 1.807) is 4.90 Å². The molecular weight excluding hydrogens is 334 g/mol. The van der Waals surface area contributed by atoms with Gasteiger partial charge in [0, 0.05) is 13.1 Å². The minimum absolute atomic E-state index is 0.0736. The summed E-state index contributed by atoms with van der Waals surface area (Å²) in [6.45, 7) is 6.03. The summed E-state index contributed by atoms with van der Waals surface area (Å²) in [5.41, 5.74) is 6.49. The molecule has 0 bridgehead atoms. The predicted octanol–water partition coefficient (Wildman–Crippen LogP) is 2.07. The van der Waals surface area contributed by atoms with Gasteiger partial charge in [-0.2, -0.15) is 0 Å². The molecule has 0 fully saturated rings. The van der Waals surface area contributed by atoms with E-state index in [2.05, 4.69) is 19.2 Å². The number of rotatable bonds is 10. The van der Waals surface area contributed by atoms with Crippen LogP contribution < -0.4 is 20.5 Å². The zero-order valence-electron chi connectivity index (χ0n) is 15.7. The third-order valence-electron chi connectivity index (χ3n) is 4.24. The molecule has 0 aliphatic carbocycles. The van der Waals surface area contributed by atoms with Gasteiger partial charge in [0.15, 0.2) is 11.5 Å². The van der Waals surface area contributed by atoms with Crippen molar-refractivity contribution < 1.29 is 19.4 Å². The van der Waals surface area contributed by atoms with Crippen molar-refractivity contribution >= 4 is 6.03 Å². The van der Waals surface area contributed by atoms with Crippen molar-refractivity contribution in [2.75, 3.05) is 26.5 Å². The first kappa shape index (κ1) is 20.3. The van der Waals surface area contributed by atoms with E-state index >= 15 is 0 Å². The summed E-state index contributed by atoms with van der Waals surface area (Å²) in [6, 6.07) is 5.31. The second kappa shape index (κ2) is 10.2. The van der Waals surface area contributed by atoms with Crippen LogP contribution in [0.3, 0.4) is 0 Å². The van der Waals surface area contributed by atoms with Crippen LogP contribution in [0.4, 0.5) is 4.79 Å². The highest BCUT2D eigenvalue weighted by Gasteiger charge is 2.20. The molecule has 1 aliphatic rings. The zero-order valence-corrected chi connectivity index (χ0v) is 15.7. The SMILES string of the molecule is CC(C)CN(Cc1ccc2c(c1)OCO2)C(=O)NC(CO)CCCCN. The Balaban J connectivity index is 1.99. The molecule has 0 saturated heterocycles. The molecule has 7 heteroatoms. The molecule has 1 heterocycles. The highest BCUT2D eigenvalue weighted by molar-refractivity contribution is 5.74. The number of fused-ring (bicyclic) bond motifs is 1. The van der Waals surface area contributed by atoms with Crippen molar-refractivity contribution in [2.24, 2.45) is 11.7 Å². The summed E-state index contributed by atoms with van der Waals surface area (Å²) >= 11 is 0. The second-order valence-electron chi connectivity index (χ2n) is 7.08. The average molecular weight is 365 g/mol. The number of ether oxygens (including phenoxy) is 2. The van der Waals surface area contributed by atoms with E-state index in [0.29, 0.717) is 31.3 Å². The van der Waals surface area contributed by atoms with Crippen LogP contribution >= 0.6 is 0 Å². The van der Waals surface area contributed by atoms with Crippen LogP contribution in [0.2, 0.25) is 0 Å². The number of aliphatic hydroxyl groups is 1. The summed E-state index contributed by atoms with van der Waals surface area (Å²) in [4.78, 5) is 14.5. The van der Waals surface area contributed by atoms with Crippen LogP contribution in [0.25, 0.3) is 0 Å². The number of urea groups is 1. The van der Waals surface area contributed by atoms with Gasteiger partial charge in [-0.1, -0.05) is 26.3 Å². The maximum atomic E-state index is 12.7. The van der Waals surface area contributed by atoms with Crippen molar-refractivity contribution in [1.82, 2.24) is 10.2 Å². The number of amides is 2. The van der Waals surface area contributed by atoms with Crippen LogP contribution in [-0.2, 0) is 6.54 Å². The fraction of sp³-hybridized carbons (Fsp3) is 0.632. The van der Waals surface area contributed by atoms with Gasteiger partial charge in [0.05, 0.1) is 12.6 Å². The largest absolute Gasteiger partial charge is 0.454 e. The van der Waals surface area contributed by atoms with Crippen molar-refractivity contribution in [1.29, 1.82) is 0 Å². The lowest BCUT2D eigenvalue weighted by molar-refractivity contribution is 0.170. The number of nitrogens with zero attached hydrogens (tertiary/aromatic N) is 1. The lowest BCUT2D eigenvalue weighted by Crippen LogP contribution is -2.47. The van der Waals surface area contributed by atoms with Crippen LogP contribution in [0.5, 0.6) is 11.5 Å². The Kier molecular flexibility index (Phi) is 8.00. The Labute approximate surface area is 155 Å². The van der Waals surface area contributed by atoms with Crippen molar-refractivity contribution in [3.05, 3.63) is 23.8 Å². The van der Waals surface area contributed by atoms with Crippen molar-refractivity contribution in [3.63, 3.8) is 0 Å². The highest BCUT2D eigenvalue weighted by Crippen LogP contribution is 2.32. The van der Waals surface area contributed by atoms with Crippen LogP contribution in [-0.4, -0.2) is 48.6 Å². The van der Waals surface area contributed by atoms with Gasteiger partial charge in [-0.25, -0.2) is 4.79 Å². The first-order valence-corrected chi connectivity index (χ1v) is 9.28. The number of carbonyl (C=O) groups is 1. The Morgan fingerprint density at radius 1 is 1.31 bits per heavy atom. The van der Waals surface area contributed by atoms with Gasteiger partial charge in [0.2, 0.25) is 6.79 Å².